The molecule has 1 N–H and O–H groups in total. The van der Waals surface area contributed by atoms with Crippen molar-refractivity contribution in [3.8, 4) is 0 Å². The summed E-state index contributed by atoms with van der Waals surface area (Å²) in [6.07, 6.45) is 4.25. The Morgan fingerprint density at radius 2 is 2.44 bits per heavy atom. The topological polar surface area (TPSA) is 53.4 Å². The molecule has 1 aliphatic heterocycles. The second-order valence-corrected chi connectivity index (χ2v) is 3.98. The average molecular weight is 224 g/mol. The number of aliphatic carboxylic acids is 1. The van der Waals surface area contributed by atoms with Gasteiger partial charge in [0.05, 0.1) is 6.20 Å². The Labute approximate surface area is 92.7 Å². The number of carboxylic acids is 1. The number of carboxylic acid groups (broad SMARTS) is 1. The summed E-state index contributed by atoms with van der Waals surface area (Å²) in [5.74, 6) is -1.19. The molecule has 1 aromatic heterocycles. The first-order valence-corrected chi connectivity index (χ1v) is 5.23. The zero-order valence-electron chi connectivity index (χ0n) is 8.77. The highest BCUT2D eigenvalue weighted by molar-refractivity contribution is 5.73. The molecule has 0 saturated carbocycles. The maximum absolute atomic E-state index is 12.9. The van der Waals surface area contributed by atoms with E-state index >= 15 is 0 Å². The molecule has 0 aromatic carbocycles. The van der Waals surface area contributed by atoms with Crippen molar-refractivity contribution in [2.75, 3.05) is 6.54 Å². The van der Waals surface area contributed by atoms with Crippen molar-refractivity contribution in [1.82, 2.24) is 9.88 Å². The molecule has 1 aliphatic rings. The monoisotopic (exact) mass is 224 g/mol. The normalized spacial score (nSPS) is 21.2. The quantitative estimate of drug-likeness (QED) is 0.840. The van der Waals surface area contributed by atoms with Gasteiger partial charge >= 0.3 is 5.97 Å². The zero-order valence-corrected chi connectivity index (χ0v) is 8.77. The summed E-state index contributed by atoms with van der Waals surface area (Å²) in [6.45, 7) is 1.19. The molecule has 0 radical (unpaired) electrons. The van der Waals surface area contributed by atoms with E-state index in [1.807, 2.05) is 4.90 Å². The lowest BCUT2D eigenvalue weighted by atomic mass is 10.2. The van der Waals surface area contributed by atoms with Crippen LogP contribution >= 0.6 is 0 Å². The number of hydrogen-bond donors (Lipinski definition) is 1. The molecule has 4 nitrogen and oxygen atoms in total. The Morgan fingerprint density at radius 3 is 3.12 bits per heavy atom. The van der Waals surface area contributed by atoms with Gasteiger partial charge in [-0.15, -0.1) is 0 Å². The van der Waals surface area contributed by atoms with Crippen molar-refractivity contribution in [3.05, 3.63) is 29.8 Å². The van der Waals surface area contributed by atoms with Crippen LogP contribution in [0.1, 0.15) is 18.4 Å². The number of likely N-dealkylation sites (tertiary alicyclic amines) is 1. The molecular weight excluding hydrogens is 211 g/mol. The molecule has 0 bridgehead atoms. The number of pyridine rings is 1. The maximum atomic E-state index is 12.9. The molecule has 1 fully saturated rings. The number of aromatic nitrogens is 1. The van der Waals surface area contributed by atoms with Crippen LogP contribution in [0.15, 0.2) is 18.5 Å². The smallest absolute Gasteiger partial charge is 0.320 e. The van der Waals surface area contributed by atoms with Gasteiger partial charge in [-0.2, -0.15) is 0 Å². The van der Waals surface area contributed by atoms with Gasteiger partial charge in [-0.25, -0.2) is 4.39 Å². The third kappa shape index (κ3) is 2.36. The lowest BCUT2D eigenvalue weighted by Gasteiger charge is -2.20. The lowest BCUT2D eigenvalue weighted by molar-refractivity contribution is -0.142. The summed E-state index contributed by atoms with van der Waals surface area (Å²) < 4.78 is 12.9. The van der Waals surface area contributed by atoms with Crippen LogP contribution in [0.25, 0.3) is 0 Å². The summed E-state index contributed by atoms with van der Waals surface area (Å²) >= 11 is 0. The van der Waals surface area contributed by atoms with Crippen molar-refractivity contribution in [3.63, 3.8) is 0 Å². The van der Waals surface area contributed by atoms with Gasteiger partial charge in [-0.05, 0) is 31.0 Å². The van der Waals surface area contributed by atoms with Gasteiger partial charge in [0.15, 0.2) is 0 Å². The van der Waals surface area contributed by atoms with Crippen molar-refractivity contribution < 1.29 is 14.3 Å². The van der Waals surface area contributed by atoms with Gasteiger partial charge < -0.3 is 5.11 Å². The Balaban J connectivity index is 2.06. The van der Waals surface area contributed by atoms with E-state index in [0.717, 1.165) is 19.2 Å². The Morgan fingerprint density at radius 1 is 1.62 bits per heavy atom. The molecule has 1 unspecified atom stereocenters. The second kappa shape index (κ2) is 4.57. The first-order valence-electron chi connectivity index (χ1n) is 5.23. The molecule has 5 heteroatoms. The molecule has 1 saturated heterocycles. The van der Waals surface area contributed by atoms with E-state index < -0.39 is 12.0 Å². The van der Waals surface area contributed by atoms with Crippen LogP contribution in [0.5, 0.6) is 0 Å². The molecule has 16 heavy (non-hydrogen) atoms. The van der Waals surface area contributed by atoms with Crippen molar-refractivity contribution >= 4 is 5.97 Å². The van der Waals surface area contributed by atoms with E-state index in [1.165, 1.54) is 6.07 Å². The van der Waals surface area contributed by atoms with Gasteiger partial charge in [0.25, 0.3) is 0 Å². The van der Waals surface area contributed by atoms with Gasteiger partial charge in [-0.3, -0.25) is 14.7 Å². The molecule has 2 rings (SSSR count). The number of hydrogen-bond acceptors (Lipinski definition) is 3. The third-order valence-electron chi connectivity index (χ3n) is 2.80. The van der Waals surface area contributed by atoms with Crippen LogP contribution in [-0.4, -0.2) is 33.5 Å². The van der Waals surface area contributed by atoms with E-state index in [4.69, 9.17) is 5.11 Å². The second-order valence-electron chi connectivity index (χ2n) is 3.98. The Hall–Kier alpha value is -1.49. The molecule has 0 aliphatic carbocycles. The van der Waals surface area contributed by atoms with Crippen LogP contribution < -0.4 is 0 Å². The van der Waals surface area contributed by atoms with Crippen LogP contribution in [0.3, 0.4) is 0 Å². The van der Waals surface area contributed by atoms with Crippen molar-refractivity contribution in [1.29, 1.82) is 0 Å². The average Bonchev–Trinajstić information content (AvgIpc) is 2.66. The summed E-state index contributed by atoms with van der Waals surface area (Å²) in [5, 5.41) is 8.98. The largest absolute Gasteiger partial charge is 0.480 e. The molecule has 1 aromatic rings. The van der Waals surface area contributed by atoms with E-state index in [9.17, 15) is 9.18 Å². The number of rotatable bonds is 3. The lowest BCUT2D eigenvalue weighted by Crippen LogP contribution is -2.35. The zero-order chi connectivity index (χ0) is 11.5. The minimum Gasteiger partial charge on any atom is -0.480 e. The molecular formula is C11H13FN2O2. The van der Waals surface area contributed by atoms with Gasteiger partial charge in [0.2, 0.25) is 0 Å². The molecule has 2 heterocycles. The molecule has 86 valence electrons. The van der Waals surface area contributed by atoms with Crippen LogP contribution in [0.2, 0.25) is 0 Å². The van der Waals surface area contributed by atoms with E-state index in [1.54, 1.807) is 6.20 Å². The SMILES string of the molecule is O=C(O)C1CCCN1Cc1cncc(F)c1. The Kier molecular flexibility index (Phi) is 3.14. The van der Waals surface area contributed by atoms with Gasteiger partial charge in [-0.1, -0.05) is 0 Å². The maximum Gasteiger partial charge on any atom is 0.320 e. The predicted octanol–water partition coefficient (Wildman–Crippen LogP) is 1.27. The Bertz CT molecular complexity index is 397. The fraction of sp³-hybridized carbons (Fsp3) is 0.455. The van der Waals surface area contributed by atoms with Gasteiger partial charge in [0, 0.05) is 12.7 Å². The predicted molar refractivity (Wildman–Crippen MR) is 55.3 cm³/mol. The number of carbonyl (C=O) groups is 1. The fourth-order valence-electron chi connectivity index (χ4n) is 2.07. The van der Waals surface area contributed by atoms with Crippen LogP contribution in [-0.2, 0) is 11.3 Å². The van der Waals surface area contributed by atoms with Crippen molar-refractivity contribution in [2.45, 2.75) is 25.4 Å². The summed E-state index contributed by atoms with van der Waals surface area (Å²) in [6, 6.07) is 0.952. The van der Waals surface area contributed by atoms with Crippen molar-refractivity contribution in [2.24, 2.45) is 0 Å². The van der Waals surface area contributed by atoms with E-state index in [2.05, 4.69) is 4.98 Å². The van der Waals surface area contributed by atoms with Crippen LogP contribution in [0.4, 0.5) is 4.39 Å². The minimum absolute atomic E-state index is 0.386. The van der Waals surface area contributed by atoms with E-state index in [0.29, 0.717) is 18.5 Å². The first-order chi connectivity index (χ1) is 7.66. The van der Waals surface area contributed by atoms with Gasteiger partial charge in [0.1, 0.15) is 11.9 Å². The highest BCUT2D eigenvalue weighted by Gasteiger charge is 2.30. The molecule has 1 atom stereocenters. The highest BCUT2D eigenvalue weighted by Crippen LogP contribution is 2.20. The fourth-order valence-corrected chi connectivity index (χ4v) is 2.07. The first kappa shape index (κ1) is 11.0. The highest BCUT2D eigenvalue weighted by atomic mass is 19.1. The third-order valence-corrected chi connectivity index (χ3v) is 2.80. The summed E-state index contributed by atoms with van der Waals surface area (Å²) in [5.41, 5.74) is 0.716. The standard InChI is InChI=1S/C11H13FN2O2/c12-9-4-8(5-13-6-9)7-14-3-1-2-10(14)11(15)16/h4-6,10H,1-3,7H2,(H,15,16). The number of halogens is 1. The van der Waals surface area contributed by atoms with Crippen LogP contribution in [0, 0.1) is 5.82 Å². The summed E-state index contributed by atoms with van der Waals surface area (Å²) in [7, 11) is 0. The minimum atomic E-state index is -0.804. The summed E-state index contributed by atoms with van der Waals surface area (Å²) in [4.78, 5) is 16.5. The molecule has 0 amide bonds. The van der Waals surface area contributed by atoms with E-state index in [-0.39, 0.29) is 5.82 Å². The number of nitrogens with zero attached hydrogens (tertiary/aromatic N) is 2. The molecule has 0 spiro atoms.